The summed E-state index contributed by atoms with van der Waals surface area (Å²) >= 11 is 6.24. The van der Waals surface area contributed by atoms with Gasteiger partial charge in [0.05, 0.1) is 45.7 Å². The van der Waals surface area contributed by atoms with Crippen molar-refractivity contribution in [1.29, 1.82) is 0 Å². The molecule has 2 aliphatic heterocycles. The van der Waals surface area contributed by atoms with E-state index in [2.05, 4.69) is 5.43 Å². The first kappa shape index (κ1) is 38.1. The van der Waals surface area contributed by atoms with Crippen LogP contribution < -0.4 is 10.3 Å². The summed E-state index contributed by atoms with van der Waals surface area (Å²) in [7, 11) is 0. The minimum absolute atomic E-state index is 0.0609. The van der Waals surface area contributed by atoms with Crippen LogP contribution in [0, 0.1) is 35.3 Å². The molecule has 4 aromatic carbocycles. The number of phenols is 1. The van der Waals surface area contributed by atoms with Crippen LogP contribution in [0.3, 0.4) is 0 Å². The number of halogens is 9. The fraction of sp³-hybridized carbons (Fsp3) is 0.250. The lowest BCUT2D eigenvalue weighted by Gasteiger charge is -2.50. The normalized spacial score (nSPS) is 26.0. The first-order valence-corrected chi connectivity index (χ1v) is 17.7. The summed E-state index contributed by atoms with van der Waals surface area (Å²) < 4.78 is 112. The smallest absolute Gasteiger partial charge is 0.416 e. The molecule has 2 saturated heterocycles. The Labute approximate surface area is 322 Å². The molecule has 6 atom stereocenters. The number of benzene rings is 4. The molecule has 2 N–H and O–H groups in total. The summed E-state index contributed by atoms with van der Waals surface area (Å²) in [6.45, 7) is 0. The van der Waals surface area contributed by atoms with Crippen molar-refractivity contribution in [3.8, 4) is 5.75 Å². The number of phenolic OH excluding ortho intramolecular Hbond substituents is 1. The molecule has 8 nitrogen and oxygen atoms in total. The average molecular weight is 816 g/mol. The molecule has 0 aromatic heterocycles. The van der Waals surface area contributed by atoms with Crippen LogP contribution in [-0.2, 0) is 36.9 Å². The predicted octanol–water partition coefficient (Wildman–Crippen LogP) is 8.55. The van der Waals surface area contributed by atoms with Crippen molar-refractivity contribution in [2.75, 3.05) is 10.3 Å². The zero-order valence-electron chi connectivity index (χ0n) is 28.8. The van der Waals surface area contributed by atoms with Gasteiger partial charge in [-0.1, -0.05) is 41.4 Å². The highest BCUT2D eigenvalue weighted by atomic mass is 35.5. The number of anilines is 2. The highest BCUT2D eigenvalue weighted by molar-refractivity contribution is 6.30. The minimum atomic E-state index is -5.28. The van der Waals surface area contributed by atoms with Crippen molar-refractivity contribution in [3.63, 3.8) is 0 Å². The number of fused-ring (bicyclic) bond motifs is 4. The second kappa shape index (κ2) is 13.1. The Bertz CT molecular complexity index is 2370. The number of allylic oxidation sites excluding steroid dienone is 2. The largest absolute Gasteiger partial charge is 0.505 e. The Kier molecular flexibility index (Phi) is 8.79. The number of hydrogen-bond donors (Lipinski definition) is 2. The number of rotatable bonds is 5. The molecule has 1 saturated carbocycles. The van der Waals surface area contributed by atoms with E-state index < -0.39 is 105 Å². The Morgan fingerprint density at radius 2 is 1.39 bits per heavy atom. The van der Waals surface area contributed by atoms with Gasteiger partial charge in [0.2, 0.25) is 11.8 Å². The van der Waals surface area contributed by atoms with Crippen molar-refractivity contribution in [2.24, 2.45) is 23.7 Å². The first-order chi connectivity index (χ1) is 26.8. The molecule has 0 spiro atoms. The molecule has 0 radical (unpaired) electrons. The standard InChI is InChI=1S/C40H26ClF8N3O5/c41-22-4-2-19(3-5-22)38-29(35(55)52(37(38)57)50-24-8-6-23(42)7-9-24)17-28-26(33(38)18-1-12-31(53)30(43)13-18)10-11-27-32(28)36(56)51(34(27)54)25-15-20(39(44,45)46)14-21(16-25)40(47,48)49/h1-10,12-16,27-29,32-33,50,53H,11,17H2/t27-,28+,29-,32-,33-,38+/m0/s1. The number of carbonyl (C=O) groups is 4. The lowest BCUT2D eigenvalue weighted by atomic mass is 9.49. The fourth-order valence-electron chi connectivity index (χ4n) is 9.05. The third kappa shape index (κ3) is 5.94. The minimum Gasteiger partial charge on any atom is -0.505 e. The first-order valence-electron chi connectivity index (χ1n) is 17.3. The van der Waals surface area contributed by atoms with Crippen LogP contribution in [0.2, 0.25) is 5.02 Å². The van der Waals surface area contributed by atoms with Crippen LogP contribution >= 0.6 is 11.6 Å². The molecule has 2 aliphatic carbocycles. The number of carbonyl (C=O) groups excluding carboxylic acids is 4. The van der Waals surface area contributed by atoms with E-state index in [9.17, 15) is 50.2 Å². The molecule has 4 aromatic rings. The lowest BCUT2D eigenvalue weighted by molar-refractivity contribution is -0.143. The topological polar surface area (TPSA) is 107 Å². The zero-order chi connectivity index (χ0) is 40.9. The molecule has 17 heteroatoms. The van der Waals surface area contributed by atoms with Gasteiger partial charge in [0.25, 0.3) is 11.8 Å². The second-order valence-corrected chi connectivity index (χ2v) is 14.8. The van der Waals surface area contributed by atoms with Gasteiger partial charge in [-0.2, -0.15) is 31.4 Å². The van der Waals surface area contributed by atoms with Crippen LogP contribution in [0.1, 0.15) is 41.0 Å². The number of hydrazine groups is 1. The quantitative estimate of drug-likeness (QED) is 0.119. The molecule has 3 fully saturated rings. The number of hydrogen-bond acceptors (Lipinski definition) is 6. The molecule has 4 amide bonds. The molecule has 0 unspecified atom stereocenters. The number of imide groups is 2. The van der Waals surface area contributed by atoms with Gasteiger partial charge in [0.15, 0.2) is 11.6 Å². The van der Waals surface area contributed by atoms with Gasteiger partial charge >= 0.3 is 12.4 Å². The fourth-order valence-corrected chi connectivity index (χ4v) is 9.18. The van der Waals surface area contributed by atoms with Crippen molar-refractivity contribution in [3.05, 3.63) is 135 Å². The van der Waals surface area contributed by atoms with Crippen LogP contribution in [-0.4, -0.2) is 33.7 Å². The van der Waals surface area contributed by atoms with E-state index in [0.717, 1.165) is 29.3 Å². The zero-order valence-corrected chi connectivity index (χ0v) is 29.6. The van der Waals surface area contributed by atoms with Gasteiger partial charge in [0, 0.05) is 10.9 Å². The third-order valence-electron chi connectivity index (χ3n) is 11.4. The monoisotopic (exact) mass is 815 g/mol. The van der Waals surface area contributed by atoms with Gasteiger partial charge in [0.1, 0.15) is 5.82 Å². The lowest BCUT2D eigenvalue weighted by Crippen LogP contribution is -2.53. The van der Waals surface area contributed by atoms with Crippen molar-refractivity contribution < 1.29 is 59.4 Å². The van der Waals surface area contributed by atoms with E-state index in [1.165, 1.54) is 48.5 Å². The van der Waals surface area contributed by atoms with Gasteiger partial charge in [-0.3, -0.25) is 24.6 Å². The Morgan fingerprint density at radius 1 is 0.754 bits per heavy atom. The van der Waals surface area contributed by atoms with E-state index in [0.29, 0.717) is 4.90 Å². The molecular formula is C40H26ClF8N3O5. The van der Waals surface area contributed by atoms with Gasteiger partial charge in [-0.15, -0.1) is 0 Å². The Hall–Kier alpha value is -5.77. The summed E-state index contributed by atoms with van der Waals surface area (Å²) in [5.41, 5.74) is -2.95. The summed E-state index contributed by atoms with van der Waals surface area (Å²) in [5, 5.41) is 11.1. The molecule has 8 rings (SSSR count). The van der Waals surface area contributed by atoms with E-state index >= 15 is 9.18 Å². The number of aromatic hydroxyl groups is 1. The van der Waals surface area contributed by atoms with Gasteiger partial charge < -0.3 is 5.11 Å². The Balaban J connectivity index is 1.31. The van der Waals surface area contributed by atoms with Crippen LogP contribution in [0.4, 0.5) is 46.5 Å². The highest BCUT2D eigenvalue weighted by Gasteiger charge is 2.70. The molecule has 294 valence electrons. The third-order valence-corrected chi connectivity index (χ3v) is 11.6. The maximum Gasteiger partial charge on any atom is 0.416 e. The maximum atomic E-state index is 15.3. The highest BCUT2D eigenvalue weighted by Crippen LogP contribution is 2.64. The summed E-state index contributed by atoms with van der Waals surface area (Å²) in [6.07, 6.45) is -9.63. The SMILES string of the molecule is O=C1[C@@H]2C[C@@H]3C(=CC[C@@H]4C(=O)N(c5cc(C(F)(F)F)cc(C(F)(F)F)c5)C(=O)[C@@H]43)[C@H](c3ccc(O)c(F)c3)[C@]2(c2ccc(Cl)cc2)C(=O)N1Nc1ccc(F)cc1. The molecule has 4 aliphatic rings. The van der Waals surface area contributed by atoms with Crippen molar-refractivity contribution >= 4 is 46.6 Å². The van der Waals surface area contributed by atoms with Crippen LogP contribution in [0.15, 0.2) is 96.6 Å². The molecule has 2 heterocycles. The number of nitrogens with zero attached hydrogens (tertiary/aromatic N) is 2. The molecule has 0 bridgehead atoms. The second-order valence-electron chi connectivity index (χ2n) is 14.4. The van der Waals surface area contributed by atoms with Gasteiger partial charge in [-0.05, 0) is 96.6 Å². The van der Waals surface area contributed by atoms with E-state index in [1.54, 1.807) is 0 Å². The molecule has 57 heavy (non-hydrogen) atoms. The number of amides is 4. The Morgan fingerprint density at radius 3 is 1.98 bits per heavy atom. The maximum absolute atomic E-state index is 15.3. The molecular weight excluding hydrogens is 790 g/mol. The number of nitrogens with one attached hydrogen (secondary N) is 1. The number of alkyl halides is 6. The van der Waals surface area contributed by atoms with Crippen LogP contribution in [0.25, 0.3) is 0 Å². The predicted molar refractivity (Wildman–Crippen MR) is 186 cm³/mol. The van der Waals surface area contributed by atoms with Crippen LogP contribution in [0.5, 0.6) is 5.75 Å². The van der Waals surface area contributed by atoms with Crippen molar-refractivity contribution in [2.45, 2.75) is 36.5 Å². The van der Waals surface area contributed by atoms with Gasteiger partial charge in [-0.25, -0.2) is 13.7 Å². The summed E-state index contributed by atoms with van der Waals surface area (Å²) in [6, 6.07) is 14.3. The average Bonchev–Trinajstić information content (AvgIpc) is 3.53. The van der Waals surface area contributed by atoms with Crippen molar-refractivity contribution in [1.82, 2.24) is 5.01 Å². The van der Waals surface area contributed by atoms with E-state index in [1.807, 2.05) is 0 Å². The van der Waals surface area contributed by atoms with E-state index in [-0.39, 0.29) is 58.5 Å². The van der Waals surface area contributed by atoms with E-state index in [4.69, 9.17) is 11.6 Å². The summed E-state index contributed by atoms with van der Waals surface area (Å²) in [4.78, 5) is 58.5. The summed E-state index contributed by atoms with van der Waals surface area (Å²) in [5.74, 6) is -12.9.